The van der Waals surface area contributed by atoms with E-state index in [1.54, 1.807) is 22.1 Å². The number of hydrazone groups is 1. The first kappa shape index (κ1) is 20.5. The van der Waals surface area contributed by atoms with Crippen molar-refractivity contribution < 1.29 is 9.59 Å². The molecule has 6 nitrogen and oxygen atoms in total. The molecule has 2 aromatic rings. The number of anilines is 1. The van der Waals surface area contributed by atoms with Crippen molar-refractivity contribution in [2.75, 3.05) is 10.7 Å². The van der Waals surface area contributed by atoms with Gasteiger partial charge in [0.1, 0.15) is 0 Å². The van der Waals surface area contributed by atoms with E-state index in [0.717, 1.165) is 5.56 Å². The maximum atomic E-state index is 13.2. The number of carbonyl (C=O) groups excluding carboxylic acids is 2. The van der Waals surface area contributed by atoms with Crippen LogP contribution in [0, 0.1) is 0 Å². The van der Waals surface area contributed by atoms with Crippen LogP contribution in [0.15, 0.2) is 66.3 Å². The van der Waals surface area contributed by atoms with Crippen molar-refractivity contribution in [3.8, 4) is 0 Å². The molecule has 2 atom stereocenters. The lowest BCUT2D eigenvalue weighted by Crippen LogP contribution is -2.55. The van der Waals surface area contributed by atoms with E-state index in [4.69, 9.17) is 16.7 Å². The van der Waals surface area contributed by atoms with Crippen LogP contribution in [0.1, 0.15) is 36.7 Å². The number of nitrogens with zero attached hydrogens (tertiary/aromatic N) is 3. The fraction of sp³-hybridized carbons (Fsp3) is 0.227. The molecule has 8 heteroatoms. The number of hydrogen-bond donors (Lipinski definition) is 1. The van der Waals surface area contributed by atoms with Crippen molar-refractivity contribution in [1.29, 1.82) is 0 Å². The predicted molar refractivity (Wildman–Crippen MR) is 121 cm³/mol. The highest BCUT2D eigenvalue weighted by Gasteiger charge is 2.47. The van der Waals surface area contributed by atoms with Crippen molar-refractivity contribution in [2.24, 2.45) is 5.10 Å². The van der Waals surface area contributed by atoms with E-state index in [1.165, 1.54) is 11.8 Å². The number of halogens is 1. The predicted octanol–water partition coefficient (Wildman–Crippen LogP) is 4.46. The third-order valence-electron chi connectivity index (χ3n) is 5.03. The minimum Gasteiger partial charge on any atom is -0.302 e. The van der Waals surface area contributed by atoms with Gasteiger partial charge in [0.25, 0.3) is 5.91 Å². The molecule has 2 aliphatic rings. The normalized spacial score (nSPS) is 20.1. The Bertz CT molecular complexity index is 1040. The van der Waals surface area contributed by atoms with Gasteiger partial charge in [-0.3, -0.25) is 19.5 Å². The summed E-state index contributed by atoms with van der Waals surface area (Å²) in [4.78, 5) is 28.0. The zero-order valence-corrected chi connectivity index (χ0v) is 18.0. The average molecular weight is 441 g/mol. The van der Waals surface area contributed by atoms with Gasteiger partial charge in [-0.05, 0) is 12.1 Å². The molecule has 0 radical (unpaired) electrons. The molecule has 0 unspecified atom stereocenters. The molecule has 0 aliphatic carbocycles. The first-order chi connectivity index (χ1) is 14.6. The van der Waals surface area contributed by atoms with Crippen LogP contribution >= 0.6 is 23.4 Å². The van der Waals surface area contributed by atoms with E-state index in [2.05, 4.69) is 11.9 Å². The zero-order valence-electron chi connectivity index (χ0n) is 16.4. The number of benzene rings is 2. The summed E-state index contributed by atoms with van der Waals surface area (Å²) in [6.45, 7) is 5.54. The molecule has 2 amide bonds. The highest BCUT2D eigenvalue weighted by Crippen LogP contribution is 2.47. The largest absolute Gasteiger partial charge is 0.302 e. The average Bonchev–Trinajstić information content (AvgIpc) is 2.76. The lowest BCUT2D eigenvalue weighted by molar-refractivity contribution is -0.130. The third-order valence-corrected chi connectivity index (χ3v) is 6.23. The third kappa shape index (κ3) is 3.48. The number of hydrogen-bond acceptors (Lipinski definition) is 5. The second-order valence-corrected chi connectivity index (χ2v) is 8.26. The van der Waals surface area contributed by atoms with Crippen LogP contribution < -0.4 is 10.2 Å². The molecule has 0 bridgehead atoms. The highest BCUT2D eigenvalue weighted by molar-refractivity contribution is 8.14. The number of para-hydroxylation sites is 1. The lowest BCUT2D eigenvalue weighted by atomic mass is 9.95. The first-order valence-electron chi connectivity index (χ1n) is 9.63. The molecule has 2 aliphatic heterocycles. The van der Waals surface area contributed by atoms with Gasteiger partial charge in [-0.2, -0.15) is 0 Å². The SMILES string of the molecule is C=CCSC1=NN2[C@H](C(=O)N1)c1ccccc1N(C(=O)CC)[C@H]2c1ccccc1Cl. The Morgan fingerprint density at radius 1 is 1.23 bits per heavy atom. The Hall–Kier alpha value is -2.77. The van der Waals surface area contributed by atoms with E-state index in [-0.39, 0.29) is 11.8 Å². The second kappa shape index (κ2) is 8.53. The van der Waals surface area contributed by atoms with E-state index >= 15 is 0 Å². The van der Waals surface area contributed by atoms with Gasteiger partial charge in [-0.1, -0.05) is 72.8 Å². The highest BCUT2D eigenvalue weighted by atomic mass is 35.5. The minimum absolute atomic E-state index is 0.0766. The molecular weight excluding hydrogens is 420 g/mol. The van der Waals surface area contributed by atoms with Crippen LogP contribution in [-0.2, 0) is 9.59 Å². The Labute approximate surface area is 184 Å². The molecule has 4 rings (SSSR count). The maximum absolute atomic E-state index is 13.2. The summed E-state index contributed by atoms with van der Waals surface area (Å²) in [6, 6.07) is 14.1. The van der Waals surface area contributed by atoms with Crippen LogP contribution in [-0.4, -0.2) is 27.7 Å². The molecule has 30 heavy (non-hydrogen) atoms. The number of nitrogens with one attached hydrogen (secondary N) is 1. The monoisotopic (exact) mass is 440 g/mol. The summed E-state index contributed by atoms with van der Waals surface area (Å²) in [5.74, 6) is 0.333. The number of carbonyl (C=O) groups is 2. The quantitative estimate of drug-likeness (QED) is 0.713. The fourth-order valence-electron chi connectivity index (χ4n) is 3.76. The Balaban J connectivity index is 1.95. The van der Waals surface area contributed by atoms with E-state index in [9.17, 15) is 9.59 Å². The molecule has 2 aromatic carbocycles. The van der Waals surface area contributed by atoms with Gasteiger partial charge in [0.2, 0.25) is 5.91 Å². The van der Waals surface area contributed by atoms with Crippen LogP contribution in [0.3, 0.4) is 0 Å². The van der Waals surface area contributed by atoms with Crippen molar-refractivity contribution in [2.45, 2.75) is 25.6 Å². The molecule has 0 saturated carbocycles. The molecule has 154 valence electrons. The number of fused-ring (bicyclic) bond motifs is 3. The molecule has 0 aromatic heterocycles. The second-order valence-electron chi connectivity index (χ2n) is 6.85. The first-order valence-corrected chi connectivity index (χ1v) is 11.0. The summed E-state index contributed by atoms with van der Waals surface area (Å²) in [7, 11) is 0. The van der Waals surface area contributed by atoms with Crippen LogP contribution in [0.4, 0.5) is 5.69 Å². The smallest absolute Gasteiger partial charge is 0.255 e. The maximum Gasteiger partial charge on any atom is 0.255 e. The Morgan fingerprint density at radius 3 is 2.63 bits per heavy atom. The number of rotatable bonds is 4. The van der Waals surface area contributed by atoms with Crippen molar-refractivity contribution >= 4 is 46.0 Å². The van der Waals surface area contributed by atoms with Crippen LogP contribution in [0.25, 0.3) is 0 Å². The summed E-state index contributed by atoms with van der Waals surface area (Å²) < 4.78 is 0. The molecular formula is C22H21ClN4O2S. The summed E-state index contributed by atoms with van der Waals surface area (Å²) in [5.41, 5.74) is 2.15. The van der Waals surface area contributed by atoms with E-state index in [1.807, 2.05) is 49.4 Å². The summed E-state index contributed by atoms with van der Waals surface area (Å²) in [5, 5.41) is 10.3. The van der Waals surface area contributed by atoms with Gasteiger partial charge in [-0.15, -0.1) is 11.7 Å². The van der Waals surface area contributed by atoms with Crippen molar-refractivity contribution in [3.05, 3.63) is 77.3 Å². The molecule has 0 fully saturated rings. The van der Waals surface area contributed by atoms with Gasteiger partial charge in [0, 0.05) is 28.3 Å². The lowest BCUT2D eigenvalue weighted by Gasteiger charge is -2.48. The van der Waals surface area contributed by atoms with Gasteiger partial charge in [0.05, 0.1) is 5.69 Å². The topological polar surface area (TPSA) is 65.0 Å². The van der Waals surface area contributed by atoms with Crippen LogP contribution in [0.2, 0.25) is 5.02 Å². The summed E-state index contributed by atoms with van der Waals surface area (Å²) >= 11 is 7.93. The Morgan fingerprint density at radius 2 is 1.93 bits per heavy atom. The van der Waals surface area contributed by atoms with Gasteiger partial charge >= 0.3 is 0 Å². The number of thioether (sulfide) groups is 1. The fourth-order valence-corrected chi connectivity index (χ4v) is 4.59. The Kier molecular flexibility index (Phi) is 5.83. The van der Waals surface area contributed by atoms with Gasteiger partial charge < -0.3 is 5.32 Å². The molecule has 0 spiro atoms. The van der Waals surface area contributed by atoms with Crippen molar-refractivity contribution in [1.82, 2.24) is 10.3 Å². The number of amidine groups is 1. The molecule has 2 heterocycles. The zero-order chi connectivity index (χ0) is 21.3. The molecule has 0 saturated heterocycles. The van der Waals surface area contributed by atoms with Crippen LogP contribution in [0.5, 0.6) is 0 Å². The minimum atomic E-state index is -0.670. The molecule has 1 N–H and O–H groups in total. The van der Waals surface area contributed by atoms with E-state index < -0.39 is 12.2 Å². The van der Waals surface area contributed by atoms with Crippen molar-refractivity contribution in [3.63, 3.8) is 0 Å². The van der Waals surface area contributed by atoms with Gasteiger partial charge in [-0.25, -0.2) is 0 Å². The van der Waals surface area contributed by atoms with E-state index in [0.29, 0.717) is 33.6 Å². The number of amides is 2. The van der Waals surface area contributed by atoms with Gasteiger partial charge in [0.15, 0.2) is 17.4 Å². The standard InChI is InChI=1S/C22H21ClN4O2S/c1-3-13-30-22-24-20(29)19-15-10-6-8-12-17(15)26(18(28)4-2)21(27(19)25-22)14-9-5-7-11-16(14)23/h3,5-12,19,21H,1,4,13H2,2H3,(H,24,25,29)/t19-,21+/m0/s1. The summed E-state index contributed by atoms with van der Waals surface area (Å²) in [6.07, 6.45) is 1.41.